The standard InChI is InChI=1S/C20H25NO3/c1-14(2)23-18-10-8-17(9-11-18)13-21-20(22)16(4)24-19-7-5-6-15(3)12-19/h5-12,14,16H,13H2,1-4H3,(H,21,22)/t16-/m0/s1. The van der Waals surface area contributed by atoms with Gasteiger partial charge in [0.15, 0.2) is 6.10 Å². The minimum atomic E-state index is -0.546. The van der Waals surface area contributed by atoms with Crippen LogP contribution in [0.4, 0.5) is 0 Å². The lowest BCUT2D eigenvalue weighted by Crippen LogP contribution is -2.35. The quantitative estimate of drug-likeness (QED) is 0.840. The number of aryl methyl sites for hydroxylation is 1. The van der Waals surface area contributed by atoms with Crippen molar-refractivity contribution >= 4 is 5.91 Å². The van der Waals surface area contributed by atoms with E-state index in [1.807, 2.05) is 69.3 Å². The number of carbonyl (C=O) groups excluding carboxylic acids is 1. The van der Waals surface area contributed by atoms with E-state index in [4.69, 9.17) is 9.47 Å². The molecular formula is C20H25NO3. The van der Waals surface area contributed by atoms with Crippen LogP contribution in [0.25, 0.3) is 0 Å². The Balaban J connectivity index is 1.83. The fourth-order valence-electron chi connectivity index (χ4n) is 2.24. The maximum absolute atomic E-state index is 12.2. The first-order chi connectivity index (χ1) is 11.4. The molecule has 1 amide bonds. The van der Waals surface area contributed by atoms with Gasteiger partial charge in [0.1, 0.15) is 11.5 Å². The molecule has 0 aliphatic heterocycles. The van der Waals surface area contributed by atoms with Crippen molar-refractivity contribution in [3.63, 3.8) is 0 Å². The summed E-state index contributed by atoms with van der Waals surface area (Å²) in [5.74, 6) is 1.39. The Morgan fingerprint density at radius 2 is 1.71 bits per heavy atom. The normalized spacial score (nSPS) is 11.9. The van der Waals surface area contributed by atoms with Crippen LogP contribution in [-0.4, -0.2) is 18.1 Å². The molecule has 4 heteroatoms. The first-order valence-electron chi connectivity index (χ1n) is 8.20. The van der Waals surface area contributed by atoms with Crippen LogP contribution in [0, 0.1) is 6.92 Å². The number of amides is 1. The fraction of sp³-hybridized carbons (Fsp3) is 0.350. The summed E-state index contributed by atoms with van der Waals surface area (Å²) >= 11 is 0. The lowest BCUT2D eigenvalue weighted by molar-refractivity contribution is -0.127. The Morgan fingerprint density at radius 3 is 2.33 bits per heavy atom. The molecule has 1 N–H and O–H groups in total. The van der Waals surface area contributed by atoms with Gasteiger partial charge in [0.05, 0.1) is 6.10 Å². The molecule has 2 aromatic rings. The van der Waals surface area contributed by atoms with E-state index in [9.17, 15) is 4.79 Å². The molecule has 0 aromatic heterocycles. The molecular weight excluding hydrogens is 302 g/mol. The van der Waals surface area contributed by atoms with Crippen molar-refractivity contribution in [2.45, 2.75) is 46.4 Å². The number of hydrogen-bond acceptors (Lipinski definition) is 3. The third kappa shape index (κ3) is 5.61. The average molecular weight is 327 g/mol. The Kier molecular flexibility index (Phi) is 6.24. The summed E-state index contributed by atoms with van der Waals surface area (Å²) in [5.41, 5.74) is 2.12. The molecule has 1 atom stereocenters. The van der Waals surface area contributed by atoms with Gasteiger partial charge in [0, 0.05) is 6.54 Å². The van der Waals surface area contributed by atoms with Crippen molar-refractivity contribution in [2.24, 2.45) is 0 Å². The Morgan fingerprint density at radius 1 is 1.00 bits per heavy atom. The molecule has 4 nitrogen and oxygen atoms in total. The van der Waals surface area contributed by atoms with Gasteiger partial charge in [0.2, 0.25) is 0 Å². The van der Waals surface area contributed by atoms with Gasteiger partial charge >= 0.3 is 0 Å². The highest BCUT2D eigenvalue weighted by Gasteiger charge is 2.14. The predicted octanol–water partition coefficient (Wildman–Crippen LogP) is 3.87. The molecule has 0 radical (unpaired) electrons. The maximum Gasteiger partial charge on any atom is 0.261 e. The van der Waals surface area contributed by atoms with Crippen molar-refractivity contribution < 1.29 is 14.3 Å². The second kappa shape index (κ2) is 8.39. The van der Waals surface area contributed by atoms with Gasteiger partial charge in [-0.1, -0.05) is 24.3 Å². The van der Waals surface area contributed by atoms with Gasteiger partial charge in [-0.25, -0.2) is 0 Å². The number of hydrogen-bond donors (Lipinski definition) is 1. The zero-order chi connectivity index (χ0) is 17.5. The van der Waals surface area contributed by atoms with Crippen LogP contribution in [0.3, 0.4) is 0 Å². The third-order valence-electron chi connectivity index (χ3n) is 3.43. The first kappa shape index (κ1) is 17.9. The molecule has 24 heavy (non-hydrogen) atoms. The molecule has 2 rings (SSSR count). The van der Waals surface area contributed by atoms with Gasteiger partial charge < -0.3 is 14.8 Å². The minimum Gasteiger partial charge on any atom is -0.491 e. The third-order valence-corrected chi connectivity index (χ3v) is 3.43. The molecule has 0 heterocycles. The molecule has 0 spiro atoms. The largest absolute Gasteiger partial charge is 0.491 e. The summed E-state index contributed by atoms with van der Waals surface area (Å²) in [6, 6.07) is 15.4. The van der Waals surface area contributed by atoms with E-state index in [1.165, 1.54) is 0 Å². The summed E-state index contributed by atoms with van der Waals surface area (Å²) < 4.78 is 11.3. The average Bonchev–Trinajstić information content (AvgIpc) is 2.53. The summed E-state index contributed by atoms with van der Waals surface area (Å²) in [5, 5.41) is 2.89. The van der Waals surface area contributed by atoms with Gasteiger partial charge in [-0.05, 0) is 63.1 Å². The van der Waals surface area contributed by atoms with E-state index < -0.39 is 6.10 Å². The van der Waals surface area contributed by atoms with E-state index in [1.54, 1.807) is 6.92 Å². The molecule has 0 saturated heterocycles. The van der Waals surface area contributed by atoms with Gasteiger partial charge in [0.25, 0.3) is 5.91 Å². The SMILES string of the molecule is Cc1cccc(O[C@@H](C)C(=O)NCc2ccc(OC(C)C)cc2)c1. The molecule has 0 unspecified atom stereocenters. The Bertz CT molecular complexity index is 665. The maximum atomic E-state index is 12.2. The van der Waals surface area contributed by atoms with Crippen molar-refractivity contribution in [3.8, 4) is 11.5 Å². The summed E-state index contributed by atoms with van der Waals surface area (Å²) in [4.78, 5) is 12.2. The highest BCUT2D eigenvalue weighted by molar-refractivity contribution is 5.80. The summed E-state index contributed by atoms with van der Waals surface area (Å²) in [7, 11) is 0. The monoisotopic (exact) mass is 327 g/mol. The number of benzene rings is 2. The number of carbonyl (C=O) groups is 1. The topological polar surface area (TPSA) is 47.6 Å². The van der Waals surface area contributed by atoms with Crippen LogP contribution in [0.2, 0.25) is 0 Å². The molecule has 0 saturated carbocycles. The minimum absolute atomic E-state index is 0.140. The van der Waals surface area contributed by atoms with Gasteiger partial charge in [-0.15, -0.1) is 0 Å². The Labute approximate surface area is 143 Å². The van der Waals surface area contributed by atoms with Crippen molar-refractivity contribution in [2.75, 3.05) is 0 Å². The lowest BCUT2D eigenvalue weighted by atomic mass is 10.2. The van der Waals surface area contributed by atoms with Gasteiger partial charge in [-0.2, -0.15) is 0 Å². The van der Waals surface area contributed by atoms with Crippen LogP contribution >= 0.6 is 0 Å². The lowest BCUT2D eigenvalue weighted by Gasteiger charge is -2.15. The number of nitrogens with one attached hydrogen (secondary N) is 1. The Hall–Kier alpha value is -2.49. The van der Waals surface area contributed by atoms with E-state index in [-0.39, 0.29) is 12.0 Å². The van der Waals surface area contributed by atoms with E-state index >= 15 is 0 Å². The van der Waals surface area contributed by atoms with Crippen molar-refractivity contribution in [1.82, 2.24) is 5.32 Å². The van der Waals surface area contributed by atoms with Crippen LogP contribution in [0.15, 0.2) is 48.5 Å². The fourth-order valence-corrected chi connectivity index (χ4v) is 2.24. The van der Waals surface area contributed by atoms with Crippen LogP contribution in [0.1, 0.15) is 31.9 Å². The molecule has 0 aliphatic rings. The predicted molar refractivity (Wildman–Crippen MR) is 95.3 cm³/mol. The van der Waals surface area contributed by atoms with Crippen LogP contribution < -0.4 is 14.8 Å². The van der Waals surface area contributed by atoms with E-state index in [0.29, 0.717) is 12.3 Å². The van der Waals surface area contributed by atoms with Crippen molar-refractivity contribution in [3.05, 3.63) is 59.7 Å². The van der Waals surface area contributed by atoms with Crippen LogP contribution in [0.5, 0.6) is 11.5 Å². The first-order valence-corrected chi connectivity index (χ1v) is 8.20. The number of ether oxygens (including phenoxy) is 2. The molecule has 128 valence electrons. The second-order valence-electron chi connectivity index (χ2n) is 6.10. The summed E-state index contributed by atoms with van der Waals surface area (Å²) in [6.07, 6.45) is -0.398. The highest BCUT2D eigenvalue weighted by Crippen LogP contribution is 2.15. The zero-order valence-corrected chi connectivity index (χ0v) is 14.7. The molecule has 0 aliphatic carbocycles. The molecule has 2 aromatic carbocycles. The van der Waals surface area contributed by atoms with E-state index in [2.05, 4.69) is 5.32 Å². The highest BCUT2D eigenvalue weighted by atomic mass is 16.5. The molecule has 0 bridgehead atoms. The van der Waals surface area contributed by atoms with Crippen molar-refractivity contribution in [1.29, 1.82) is 0 Å². The smallest absolute Gasteiger partial charge is 0.261 e. The summed E-state index contributed by atoms with van der Waals surface area (Å²) in [6.45, 7) is 8.18. The van der Waals surface area contributed by atoms with E-state index in [0.717, 1.165) is 16.9 Å². The molecule has 0 fully saturated rings. The zero-order valence-electron chi connectivity index (χ0n) is 14.7. The second-order valence-corrected chi connectivity index (χ2v) is 6.10. The van der Waals surface area contributed by atoms with Gasteiger partial charge in [-0.3, -0.25) is 4.79 Å². The number of rotatable bonds is 7. The van der Waals surface area contributed by atoms with Crippen LogP contribution in [-0.2, 0) is 11.3 Å².